The molecule has 0 aliphatic heterocycles. The van der Waals surface area contributed by atoms with Crippen molar-refractivity contribution in [2.24, 2.45) is 0 Å². The molecule has 1 atom stereocenters. The highest BCUT2D eigenvalue weighted by atomic mass is 16.5. The first kappa shape index (κ1) is 11.1. The largest absolute Gasteiger partial charge is 0.479 e. The van der Waals surface area contributed by atoms with E-state index in [0.717, 1.165) is 24.1 Å². The van der Waals surface area contributed by atoms with E-state index in [1.165, 1.54) is 7.11 Å². The number of aryl methyl sites for hydroxylation is 1. The summed E-state index contributed by atoms with van der Waals surface area (Å²) in [6, 6.07) is 3.86. The Balaban J connectivity index is 2.31. The molecule has 0 spiro atoms. The maximum Gasteiger partial charge on any atom is 0.333 e. The number of carbonyl (C=O) groups is 1. The number of hydrogen-bond donors (Lipinski definition) is 1. The van der Waals surface area contributed by atoms with Crippen molar-refractivity contribution >= 4 is 5.97 Å². The zero-order valence-electron chi connectivity index (χ0n) is 9.43. The maximum atomic E-state index is 11.1. The molecular formula is C12H15NO3. The molecular weight excluding hydrogens is 206 g/mol. The van der Waals surface area contributed by atoms with Gasteiger partial charge in [-0.2, -0.15) is 0 Å². The van der Waals surface area contributed by atoms with E-state index in [1.807, 2.05) is 19.1 Å². The first-order valence-electron chi connectivity index (χ1n) is 5.29. The standard InChI is InChI=1S/C12H15NO3/c1-8-3-4-9(7-13-8)12(5-6-12)10(16-2)11(14)15/h3-4,7,10H,5-6H2,1-2H3,(H,14,15). The number of aromatic nitrogens is 1. The predicted octanol–water partition coefficient (Wildman–Crippen LogP) is 1.52. The van der Waals surface area contributed by atoms with E-state index in [1.54, 1.807) is 6.20 Å². The van der Waals surface area contributed by atoms with Crippen LogP contribution in [0.25, 0.3) is 0 Å². The number of carboxylic acids is 1. The van der Waals surface area contributed by atoms with Gasteiger partial charge >= 0.3 is 5.97 Å². The molecule has 0 bridgehead atoms. The van der Waals surface area contributed by atoms with Crippen molar-refractivity contribution in [3.05, 3.63) is 29.6 Å². The molecule has 1 aromatic rings. The average Bonchev–Trinajstić information content (AvgIpc) is 3.01. The van der Waals surface area contributed by atoms with Crippen molar-refractivity contribution in [1.82, 2.24) is 4.98 Å². The molecule has 1 N–H and O–H groups in total. The molecule has 1 unspecified atom stereocenters. The van der Waals surface area contributed by atoms with Crippen LogP contribution in [-0.4, -0.2) is 29.3 Å². The molecule has 0 radical (unpaired) electrons. The van der Waals surface area contributed by atoms with Gasteiger partial charge in [0.05, 0.1) is 0 Å². The Labute approximate surface area is 94.3 Å². The summed E-state index contributed by atoms with van der Waals surface area (Å²) in [4.78, 5) is 15.3. The Bertz CT molecular complexity index is 395. The smallest absolute Gasteiger partial charge is 0.333 e. The van der Waals surface area contributed by atoms with Crippen LogP contribution >= 0.6 is 0 Å². The molecule has 1 saturated carbocycles. The van der Waals surface area contributed by atoms with E-state index in [-0.39, 0.29) is 5.41 Å². The minimum atomic E-state index is -0.902. The van der Waals surface area contributed by atoms with Crippen molar-refractivity contribution in [1.29, 1.82) is 0 Å². The van der Waals surface area contributed by atoms with Gasteiger partial charge in [-0.25, -0.2) is 4.79 Å². The lowest BCUT2D eigenvalue weighted by molar-refractivity contribution is -0.150. The second-order valence-electron chi connectivity index (χ2n) is 4.30. The van der Waals surface area contributed by atoms with Gasteiger partial charge in [-0.3, -0.25) is 4.98 Å². The van der Waals surface area contributed by atoms with E-state index >= 15 is 0 Å². The minimum Gasteiger partial charge on any atom is -0.479 e. The van der Waals surface area contributed by atoms with E-state index < -0.39 is 12.1 Å². The van der Waals surface area contributed by atoms with Gasteiger partial charge < -0.3 is 9.84 Å². The molecule has 0 aromatic carbocycles. The van der Waals surface area contributed by atoms with E-state index in [4.69, 9.17) is 9.84 Å². The number of hydrogen-bond acceptors (Lipinski definition) is 3. The molecule has 86 valence electrons. The lowest BCUT2D eigenvalue weighted by Crippen LogP contribution is -2.35. The van der Waals surface area contributed by atoms with Crippen molar-refractivity contribution in [3.63, 3.8) is 0 Å². The average molecular weight is 221 g/mol. The molecule has 2 rings (SSSR count). The van der Waals surface area contributed by atoms with E-state index in [9.17, 15) is 4.79 Å². The SMILES string of the molecule is COC(C(=O)O)C1(c2ccc(C)nc2)CC1. The highest BCUT2D eigenvalue weighted by Gasteiger charge is 2.54. The summed E-state index contributed by atoms with van der Waals surface area (Å²) in [6.07, 6.45) is 2.69. The van der Waals surface area contributed by atoms with Crippen LogP contribution in [0.3, 0.4) is 0 Å². The fourth-order valence-electron chi connectivity index (χ4n) is 2.16. The number of methoxy groups -OCH3 is 1. The molecule has 1 heterocycles. The quantitative estimate of drug-likeness (QED) is 0.837. The van der Waals surface area contributed by atoms with Crippen LogP contribution in [-0.2, 0) is 14.9 Å². The minimum absolute atomic E-state index is 0.360. The Morgan fingerprint density at radius 1 is 1.56 bits per heavy atom. The summed E-state index contributed by atoms with van der Waals surface area (Å²) in [5, 5.41) is 9.12. The Kier molecular flexibility index (Phi) is 2.68. The monoisotopic (exact) mass is 221 g/mol. The second kappa shape index (κ2) is 3.87. The Hall–Kier alpha value is -1.42. The van der Waals surface area contributed by atoms with Gasteiger partial charge in [-0.15, -0.1) is 0 Å². The summed E-state index contributed by atoms with van der Waals surface area (Å²) < 4.78 is 5.10. The number of carboxylic acid groups (broad SMARTS) is 1. The third-order valence-corrected chi connectivity index (χ3v) is 3.24. The van der Waals surface area contributed by atoms with Gasteiger partial charge in [0, 0.05) is 24.4 Å². The van der Waals surface area contributed by atoms with E-state index in [2.05, 4.69) is 4.98 Å². The molecule has 0 amide bonds. The maximum absolute atomic E-state index is 11.1. The van der Waals surface area contributed by atoms with Crippen molar-refractivity contribution < 1.29 is 14.6 Å². The third kappa shape index (κ3) is 1.69. The molecule has 1 aliphatic carbocycles. The van der Waals surface area contributed by atoms with Crippen molar-refractivity contribution in [2.75, 3.05) is 7.11 Å². The van der Waals surface area contributed by atoms with Gasteiger partial charge in [0.25, 0.3) is 0 Å². The Morgan fingerprint density at radius 2 is 2.25 bits per heavy atom. The number of nitrogens with zero attached hydrogens (tertiary/aromatic N) is 1. The number of aliphatic carboxylic acids is 1. The molecule has 4 heteroatoms. The Morgan fingerprint density at radius 3 is 2.62 bits per heavy atom. The molecule has 1 fully saturated rings. The predicted molar refractivity (Wildman–Crippen MR) is 58.3 cm³/mol. The summed E-state index contributed by atoms with van der Waals surface area (Å²) in [5.74, 6) is -0.902. The zero-order valence-corrected chi connectivity index (χ0v) is 9.43. The fraction of sp³-hybridized carbons (Fsp3) is 0.500. The van der Waals surface area contributed by atoms with Crippen LogP contribution in [0, 0.1) is 6.92 Å². The van der Waals surface area contributed by atoms with Crippen LogP contribution in [0.5, 0.6) is 0 Å². The van der Waals surface area contributed by atoms with Crippen LogP contribution in [0.1, 0.15) is 24.1 Å². The van der Waals surface area contributed by atoms with Gasteiger partial charge in [0.1, 0.15) is 0 Å². The van der Waals surface area contributed by atoms with Gasteiger partial charge in [0.15, 0.2) is 6.10 Å². The summed E-state index contributed by atoms with van der Waals surface area (Å²) in [7, 11) is 1.44. The van der Waals surface area contributed by atoms with Crippen LogP contribution in [0.15, 0.2) is 18.3 Å². The molecule has 4 nitrogen and oxygen atoms in total. The van der Waals surface area contributed by atoms with Gasteiger partial charge in [-0.1, -0.05) is 6.07 Å². The lowest BCUT2D eigenvalue weighted by atomic mass is 9.91. The third-order valence-electron chi connectivity index (χ3n) is 3.24. The van der Waals surface area contributed by atoms with Gasteiger partial charge in [0.2, 0.25) is 0 Å². The topological polar surface area (TPSA) is 59.4 Å². The number of rotatable bonds is 4. The molecule has 1 aliphatic rings. The molecule has 1 aromatic heterocycles. The van der Waals surface area contributed by atoms with Crippen LogP contribution in [0.4, 0.5) is 0 Å². The van der Waals surface area contributed by atoms with Crippen molar-refractivity contribution in [3.8, 4) is 0 Å². The first-order valence-corrected chi connectivity index (χ1v) is 5.29. The first-order chi connectivity index (χ1) is 7.60. The highest BCUT2D eigenvalue weighted by Crippen LogP contribution is 2.51. The number of pyridine rings is 1. The summed E-state index contributed by atoms with van der Waals surface area (Å²) >= 11 is 0. The van der Waals surface area contributed by atoms with E-state index in [0.29, 0.717) is 0 Å². The normalized spacial score (nSPS) is 19.1. The second-order valence-corrected chi connectivity index (χ2v) is 4.30. The zero-order chi connectivity index (χ0) is 11.8. The molecule has 16 heavy (non-hydrogen) atoms. The van der Waals surface area contributed by atoms with Crippen LogP contribution < -0.4 is 0 Å². The van der Waals surface area contributed by atoms with Gasteiger partial charge in [-0.05, 0) is 31.4 Å². The summed E-state index contributed by atoms with van der Waals surface area (Å²) in [5.41, 5.74) is 1.54. The summed E-state index contributed by atoms with van der Waals surface area (Å²) in [6.45, 7) is 1.91. The molecule has 0 saturated heterocycles. The highest BCUT2D eigenvalue weighted by molar-refractivity contribution is 5.76. The fourth-order valence-corrected chi connectivity index (χ4v) is 2.16. The van der Waals surface area contributed by atoms with Crippen LogP contribution in [0.2, 0.25) is 0 Å². The lowest BCUT2D eigenvalue weighted by Gasteiger charge is -2.22. The van der Waals surface area contributed by atoms with Crippen molar-refractivity contribution in [2.45, 2.75) is 31.3 Å². The number of ether oxygens (including phenoxy) is 1.